The number of aromatic nitrogens is 3. The molecule has 2 aromatic rings. The Kier molecular flexibility index (Phi) is 4.61. The maximum atomic E-state index is 13.9. The molecule has 0 aliphatic carbocycles. The molecule has 0 aliphatic rings. The van der Waals surface area contributed by atoms with Gasteiger partial charge in [0.25, 0.3) is 0 Å². The Labute approximate surface area is 118 Å². The molecule has 5 heteroatoms. The van der Waals surface area contributed by atoms with Crippen LogP contribution in [0.1, 0.15) is 31.7 Å². The molecule has 0 unspecified atom stereocenters. The van der Waals surface area contributed by atoms with Gasteiger partial charge in [-0.3, -0.25) is 4.98 Å². The summed E-state index contributed by atoms with van der Waals surface area (Å²) in [5.74, 6) is 1.15. The number of hydrogen-bond acceptors (Lipinski definition) is 4. The van der Waals surface area contributed by atoms with Gasteiger partial charge in [0.2, 0.25) is 0 Å². The zero-order valence-corrected chi connectivity index (χ0v) is 12.1. The van der Waals surface area contributed by atoms with Crippen molar-refractivity contribution in [3.8, 4) is 11.3 Å². The molecule has 2 aromatic heterocycles. The van der Waals surface area contributed by atoms with Crippen LogP contribution in [0, 0.1) is 12.7 Å². The summed E-state index contributed by atoms with van der Waals surface area (Å²) in [6, 6.07) is 1.65. The van der Waals surface area contributed by atoms with E-state index in [1.807, 2.05) is 13.8 Å². The minimum absolute atomic E-state index is 0.362. The van der Waals surface area contributed by atoms with Gasteiger partial charge in [0.05, 0.1) is 11.9 Å². The third kappa shape index (κ3) is 2.92. The van der Waals surface area contributed by atoms with Gasteiger partial charge >= 0.3 is 0 Å². The highest BCUT2D eigenvalue weighted by atomic mass is 19.1. The zero-order valence-electron chi connectivity index (χ0n) is 12.1. The van der Waals surface area contributed by atoms with E-state index in [1.165, 1.54) is 6.20 Å². The van der Waals surface area contributed by atoms with Gasteiger partial charge in [0, 0.05) is 30.3 Å². The molecule has 4 nitrogen and oxygen atoms in total. The van der Waals surface area contributed by atoms with Crippen molar-refractivity contribution >= 4 is 5.82 Å². The highest BCUT2D eigenvalue weighted by molar-refractivity contribution is 5.68. The van der Waals surface area contributed by atoms with Crippen LogP contribution in [0.2, 0.25) is 0 Å². The molecule has 0 fully saturated rings. The van der Waals surface area contributed by atoms with Crippen molar-refractivity contribution in [3.63, 3.8) is 0 Å². The summed E-state index contributed by atoms with van der Waals surface area (Å²) in [6.45, 7) is 6.75. The van der Waals surface area contributed by atoms with Gasteiger partial charge in [-0.1, -0.05) is 6.92 Å². The highest BCUT2D eigenvalue weighted by Crippen LogP contribution is 2.27. The number of aryl methyl sites for hydroxylation is 1. The van der Waals surface area contributed by atoms with Crippen LogP contribution in [0.3, 0.4) is 0 Å². The maximum Gasteiger partial charge on any atom is 0.150 e. The zero-order chi connectivity index (χ0) is 14.5. The lowest BCUT2D eigenvalue weighted by Crippen LogP contribution is -2.08. The topological polar surface area (TPSA) is 50.7 Å². The fourth-order valence-corrected chi connectivity index (χ4v) is 2.07. The molecular weight excluding hydrogens is 255 g/mol. The molecule has 1 N–H and O–H groups in total. The lowest BCUT2D eigenvalue weighted by atomic mass is 10.1. The molecule has 2 heterocycles. The molecule has 0 radical (unpaired) electrons. The summed E-state index contributed by atoms with van der Waals surface area (Å²) in [5.41, 5.74) is 1.97. The maximum absolute atomic E-state index is 13.9. The van der Waals surface area contributed by atoms with E-state index in [4.69, 9.17) is 0 Å². The summed E-state index contributed by atoms with van der Waals surface area (Å²) in [6.07, 6.45) is 4.51. The molecule has 0 saturated heterocycles. The lowest BCUT2D eigenvalue weighted by molar-refractivity contribution is 0.624. The first-order valence-electron chi connectivity index (χ1n) is 6.88. The Morgan fingerprint density at radius 2 is 2.05 bits per heavy atom. The molecule has 0 aromatic carbocycles. The fraction of sp³-hybridized carbons (Fsp3) is 0.400. The molecule has 0 saturated carbocycles. The Morgan fingerprint density at radius 3 is 2.70 bits per heavy atom. The second-order valence-electron chi connectivity index (χ2n) is 4.60. The van der Waals surface area contributed by atoms with Gasteiger partial charge in [-0.05, 0) is 26.3 Å². The third-order valence-electron chi connectivity index (χ3n) is 3.04. The summed E-state index contributed by atoms with van der Waals surface area (Å²) < 4.78 is 13.9. The Morgan fingerprint density at radius 1 is 1.25 bits per heavy atom. The van der Waals surface area contributed by atoms with E-state index in [9.17, 15) is 4.39 Å². The van der Waals surface area contributed by atoms with Crippen LogP contribution in [-0.2, 0) is 6.42 Å². The molecule has 0 amide bonds. The van der Waals surface area contributed by atoms with Crippen LogP contribution >= 0.6 is 0 Å². The minimum Gasteiger partial charge on any atom is -0.370 e. The van der Waals surface area contributed by atoms with Crippen LogP contribution in [0.15, 0.2) is 18.5 Å². The summed E-state index contributed by atoms with van der Waals surface area (Å²) in [5, 5.41) is 3.22. The third-order valence-corrected chi connectivity index (χ3v) is 3.04. The Balaban J connectivity index is 2.59. The van der Waals surface area contributed by atoms with Crippen LogP contribution in [-0.4, -0.2) is 21.5 Å². The summed E-state index contributed by atoms with van der Waals surface area (Å²) in [4.78, 5) is 12.8. The smallest absolute Gasteiger partial charge is 0.150 e. The first-order chi connectivity index (χ1) is 9.67. The number of nitrogens with zero attached hydrogens (tertiary/aromatic N) is 3. The van der Waals surface area contributed by atoms with E-state index in [0.29, 0.717) is 11.3 Å². The molecule has 2 rings (SSSR count). The number of rotatable bonds is 5. The van der Waals surface area contributed by atoms with Crippen molar-refractivity contribution in [2.24, 2.45) is 0 Å². The standard InChI is InChI=1S/C15H19FN4/c1-4-6-13-19-14(10(3)15(20-13)18-5-2)11-7-8-17-9-12(11)16/h7-9H,4-6H2,1-3H3,(H,18,19,20). The SMILES string of the molecule is CCCc1nc(NCC)c(C)c(-c2ccncc2F)n1. The summed E-state index contributed by atoms with van der Waals surface area (Å²) in [7, 11) is 0. The summed E-state index contributed by atoms with van der Waals surface area (Å²) >= 11 is 0. The minimum atomic E-state index is -0.362. The van der Waals surface area contributed by atoms with Crippen molar-refractivity contribution in [3.05, 3.63) is 35.7 Å². The second kappa shape index (κ2) is 6.41. The van der Waals surface area contributed by atoms with Crippen molar-refractivity contribution in [1.82, 2.24) is 15.0 Å². The van der Waals surface area contributed by atoms with Gasteiger partial charge in [0.15, 0.2) is 5.82 Å². The average molecular weight is 274 g/mol. The van der Waals surface area contributed by atoms with Gasteiger partial charge in [-0.25, -0.2) is 14.4 Å². The van der Waals surface area contributed by atoms with E-state index in [1.54, 1.807) is 12.3 Å². The Hall–Kier alpha value is -2.04. The van der Waals surface area contributed by atoms with Crippen molar-refractivity contribution in [1.29, 1.82) is 0 Å². The first kappa shape index (κ1) is 14.4. The molecule has 106 valence electrons. The predicted molar refractivity (Wildman–Crippen MR) is 78.1 cm³/mol. The van der Waals surface area contributed by atoms with E-state index in [0.717, 1.165) is 36.6 Å². The highest BCUT2D eigenvalue weighted by Gasteiger charge is 2.15. The van der Waals surface area contributed by atoms with Gasteiger partial charge in [-0.2, -0.15) is 0 Å². The number of anilines is 1. The average Bonchev–Trinajstić information content (AvgIpc) is 2.44. The largest absolute Gasteiger partial charge is 0.370 e. The van der Waals surface area contributed by atoms with Crippen molar-refractivity contribution in [2.45, 2.75) is 33.6 Å². The monoisotopic (exact) mass is 274 g/mol. The molecule has 0 bridgehead atoms. The lowest BCUT2D eigenvalue weighted by Gasteiger charge is -2.13. The quantitative estimate of drug-likeness (QED) is 0.908. The molecule has 0 atom stereocenters. The second-order valence-corrected chi connectivity index (χ2v) is 4.60. The number of halogens is 1. The van der Waals surface area contributed by atoms with E-state index in [-0.39, 0.29) is 5.82 Å². The first-order valence-corrected chi connectivity index (χ1v) is 6.88. The Bertz CT molecular complexity index is 598. The van der Waals surface area contributed by atoms with Crippen LogP contribution in [0.25, 0.3) is 11.3 Å². The van der Waals surface area contributed by atoms with Gasteiger partial charge < -0.3 is 5.32 Å². The number of pyridine rings is 1. The van der Waals surface area contributed by atoms with Crippen LogP contribution in [0.4, 0.5) is 10.2 Å². The predicted octanol–water partition coefficient (Wildman–Crippen LogP) is 3.37. The van der Waals surface area contributed by atoms with Gasteiger partial charge in [0.1, 0.15) is 11.6 Å². The van der Waals surface area contributed by atoms with Crippen molar-refractivity contribution in [2.75, 3.05) is 11.9 Å². The molecule has 0 aliphatic heterocycles. The van der Waals surface area contributed by atoms with Crippen LogP contribution in [0.5, 0.6) is 0 Å². The van der Waals surface area contributed by atoms with E-state index in [2.05, 4.69) is 27.2 Å². The molecule has 0 spiro atoms. The van der Waals surface area contributed by atoms with Crippen molar-refractivity contribution < 1.29 is 4.39 Å². The number of hydrogen-bond donors (Lipinski definition) is 1. The van der Waals surface area contributed by atoms with Crippen LogP contribution < -0.4 is 5.32 Å². The molecular formula is C15H19FN4. The van der Waals surface area contributed by atoms with Gasteiger partial charge in [-0.15, -0.1) is 0 Å². The van der Waals surface area contributed by atoms with E-state index < -0.39 is 0 Å². The number of nitrogens with one attached hydrogen (secondary N) is 1. The fourth-order valence-electron chi connectivity index (χ4n) is 2.07. The molecule has 20 heavy (non-hydrogen) atoms. The normalized spacial score (nSPS) is 10.6. The van der Waals surface area contributed by atoms with E-state index >= 15 is 0 Å².